The predicted octanol–water partition coefficient (Wildman–Crippen LogP) is 1.40. The van der Waals surface area contributed by atoms with E-state index in [1.54, 1.807) is 0 Å². The maximum absolute atomic E-state index is 4.40. The van der Waals surface area contributed by atoms with E-state index in [0.717, 1.165) is 11.5 Å². The summed E-state index contributed by atoms with van der Waals surface area (Å²) >= 11 is 0. The van der Waals surface area contributed by atoms with Gasteiger partial charge in [0.25, 0.3) is 0 Å². The molecule has 3 nitrogen and oxygen atoms in total. The lowest BCUT2D eigenvalue weighted by Crippen LogP contribution is -2.08. The van der Waals surface area contributed by atoms with E-state index < -0.39 is 0 Å². The first kappa shape index (κ1) is 7.16. The van der Waals surface area contributed by atoms with Gasteiger partial charge in [-0.25, -0.2) is 4.98 Å². The van der Waals surface area contributed by atoms with Crippen molar-refractivity contribution in [3.63, 3.8) is 0 Å². The van der Waals surface area contributed by atoms with Crippen molar-refractivity contribution in [2.24, 2.45) is 0 Å². The molecule has 0 aromatic carbocycles. The molecule has 0 aliphatic rings. The van der Waals surface area contributed by atoms with E-state index in [-0.39, 0.29) is 0 Å². The summed E-state index contributed by atoms with van der Waals surface area (Å²) in [5.74, 6) is 0.987. The number of rotatable bonds is 1. The van der Waals surface area contributed by atoms with E-state index in [0.29, 0.717) is 0 Å². The standard InChI is InChI=1S/C9H11N3/c1-11(2)9-7-12-6-4-3-5-8(12)10-9/h3-7H,1-2H3. The molecular formula is C9H11N3. The topological polar surface area (TPSA) is 20.5 Å². The lowest BCUT2D eigenvalue weighted by atomic mass is 10.5. The fourth-order valence-corrected chi connectivity index (χ4v) is 1.14. The number of imidazole rings is 1. The fourth-order valence-electron chi connectivity index (χ4n) is 1.14. The molecule has 0 atom stereocenters. The Morgan fingerprint density at radius 3 is 2.83 bits per heavy atom. The van der Waals surface area contributed by atoms with Crippen LogP contribution in [0.2, 0.25) is 0 Å². The highest BCUT2D eigenvalue weighted by atomic mass is 15.2. The van der Waals surface area contributed by atoms with Gasteiger partial charge < -0.3 is 9.30 Å². The number of fused-ring (bicyclic) bond motifs is 1. The number of nitrogens with zero attached hydrogens (tertiary/aromatic N) is 3. The van der Waals surface area contributed by atoms with Gasteiger partial charge in [0.1, 0.15) is 11.5 Å². The van der Waals surface area contributed by atoms with Gasteiger partial charge in [-0.15, -0.1) is 0 Å². The highest BCUT2D eigenvalue weighted by Crippen LogP contribution is 2.10. The molecule has 0 radical (unpaired) electrons. The Bertz CT molecular complexity index is 356. The van der Waals surface area contributed by atoms with Crippen LogP contribution in [0.4, 0.5) is 5.82 Å². The first-order valence-electron chi connectivity index (χ1n) is 3.88. The van der Waals surface area contributed by atoms with Gasteiger partial charge >= 0.3 is 0 Å². The van der Waals surface area contributed by atoms with Gasteiger partial charge in [0.15, 0.2) is 0 Å². The van der Waals surface area contributed by atoms with Gasteiger partial charge in [-0.1, -0.05) is 6.07 Å². The van der Waals surface area contributed by atoms with E-state index in [4.69, 9.17) is 0 Å². The third kappa shape index (κ3) is 1.03. The number of hydrogen-bond acceptors (Lipinski definition) is 2. The van der Waals surface area contributed by atoms with Gasteiger partial charge in [-0.2, -0.15) is 0 Å². The predicted molar refractivity (Wildman–Crippen MR) is 49.5 cm³/mol. The minimum absolute atomic E-state index is 0.987. The van der Waals surface area contributed by atoms with Crippen LogP contribution >= 0.6 is 0 Å². The van der Waals surface area contributed by atoms with Crippen LogP contribution in [0.1, 0.15) is 0 Å². The molecule has 0 spiro atoms. The van der Waals surface area contributed by atoms with E-state index in [1.165, 1.54) is 0 Å². The van der Waals surface area contributed by atoms with Crippen LogP contribution in [0.5, 0.6) is 0 Å². The lowest BCUT2D eigenvalue weighted by Gasteiger charge is -2.05. The van der Waals surface area contributed by atoms with Crippen LogP contribution in [0.25, 0.3) is 5.65 Å². The van der Waals surface area contributed by atoms with E-state index in [2.05, 4.69) is 4.98 Å². The summed E-state index contributed by atoms with van der Waals surface area (Å²) in [6.45, 7) is 0. The van der Waals surface area contributed by atoms with Gasteiger partial charge in [0.2, 0.25) is 0 Å². The normalized spacial score (nSPS) is 10.5. The lowest BCUT2D eigenvalue weighted by molar-refractivity contribution is 1.09. The molecule has 0 aliphatic heterocycles. The molecule has 2 aromatic heterocycles. The van der Waals surface area contributed by atoms with Crippen LogP contribution in [0.3, 0.4) is 0 Å². The second kappa shape index (κ2) is 2.52. The molecule has 2 aromatic rings. The van der Waals surface area contributed by atoms with Crippen molar-refractivity contribution in [2.75, 3.05) is 19.0 Å². The molecule has 0 saturated carbocycles. The second-order valence-corrected chi connectivity index (χ2v) is 2.96. The molecule has 0 aliphatic carbocycles. The third-order valence-electron chi connectivity index (χ3n) is 1.81. The minimum Gasteiger partial charge on any atom is -0.361 e. The molecule has 0 unspecified atom stereocenters. The summed E-state index contributed by atoms with van der Waals surface area (Å²) in [6.07, 6.45) is 4.00. The smallest absolute Gasteiger partial charge is 0.147 e. The highest BCUT2D eigenvalue weighted by molar-refractivity contribution is 5.49. The number of hydrogen-bond donors (Lipinski definition) is 0. The Labute approximate surface area is 71.3 Å². The molecule has 0 saturated heterocycles. The molecule has 0 amide bonds. The van der Waals surface area contributed by atoms with Crippen molar-refractivity contribution in [2.45, 2.75) is 0 Å². The van der Waals surface area contributed by atoms with Gasteiger partial charge in [-0.05, 0) is 12.1 Å². The first-order chi connectivity index (χ1) is 5.77. The Kier molecular flexibility index (Phi) is 1.50. The fraction of sp³-hybridized carbons (Fsp3) is 0.222. The largest absolute Gasteiger partial charge is 0.361 e. The van der Waals surface area contributed by atoms with E-state index in [1.807, 2.05) is 54.0 Å². The maximum atomic E-state index is 4.40. The minimum atomic E-state index is 0.987. The summed E-state index contributed by atoms with van der Waals surface area (Å²) in [4.78, 5) is 6.39. The molecule has 0 bridgehead atoms. The zero-order valence-corrected chi connectivity index (χ0v) is 7.23. The van der Waals surface area contributed by atoms with Crippen LogP contribution in [0, 0.1) is 0 Å². The average Bonchev–Trinajstić information content (AvgIpc) is 2.46. The molecule has 62 valence electrons. The van der Waals surface area contributed by atoms with Crippen molar-refractivity contribution in [3.05, 3.63) is 30.6 Å². The molecule has 0 fully saturated rings. The van der Waals surface area contributed by atoms with Crippen LogP contribution in [-0.4, -0.2) is 23.5 Å². The van der Waals surface area contributed by atoms with Crippen LogP contribution in [0.15, 0.2) is 30.6 Å². The Balaban J connectivity index is 2.62. The summed E-state index contributed by atoms with van der Waals surface area (Å²) in [7, 11) is 3.98. The molecule has 2 rings (SSSR count). The summed E-state index contributed by atoms with van der Waals surface area (Å²) in [5.41, 5.74) is 0.987. The van der Waals surface area contributed by atoms with Crippen molar-refractivity contribution in [3.8, 4) is 0 Å². The Morgan fingerprint density at radius 1 is 1.33 bits per heavy atom. The monoisotopic (exact) mass is 161 g/mol. The number of pyridine rings is 1. The first-order valence-corrected chi connectivity index (χ1v) is 3.88. The molecule has 12 heavy (non-hydrogen) atoms. The molecular weight excluding hydrogens is 150 g/mol. The summed E-state index contributed by atoms with van der Waals surface area (Å²) in [6, 6.07) is 5.98. The Morgan fingerprint density at radius 2 is 2.17 bits per heavy atom. The SMILES string of the molecule is CN(C)c1cn2ccccc2n1. The number of anilines is 1. The average molecular weight is 161 g/mol. The van der Waals surface area contributed by atoms with Gasteiger partial charge in [0, 0.05) is 20.3 Å². The number of aromatic nitrogens is 2. The van der Waals surface area contributed by atoms with Crippen molar-refractivity contribution >= 4 is 11.5 Å². The van der Waals surface area contributed by atoms with E-state index in [9.17, 15) is 0 Å². The van der Waals surface area contributed by atoms with Crippen molar-refractivity contribution in [1.29, 1.82) is 0 Å². The quantitative estimate of drug-likeness (QED) is 0.630. The summed E-state index contributed by atoms with van der Waals surface area (Å²) < 4.78 is 2.01. The Hall–Kier alpha value is -1.51. The van der Waals surface area contributed by atoms with Crippen LogP contribution in [-0.2, 0) is 0 Å². The molecule has 2 heterocycles. The maximum Gasteiger partial charge on any atom is 0.147 e. The zero-order chi connectivity index (χ0) is 8.55. The molecule has 0 N–H and O–H groups in total. The third-order valence-corrected chi connectivity index (χ3v) is 1.81. The molecule has 3 heteroatoms. The summed E-state index contributed by atoms with van der Waals surface area (Å²) in [5, 5.41) is 0. The van der Waals surface area contributed by atoms with Crippen molar-refractivity contribution < 1.29 is 0 Å². The second-order valence-electron chi connectivity index (χ2n) is 2.96. The van der Waals surface area contributed by atoms with Crippen molar-refractivity contribution in [1.82, 2.24) is 9.38 Å². The van der Waals surface area contributed by atoms with Crippen LogP contribution < -0.4 is 4.90 Å². The zero-order valence-electron chi connectivity index (χ0n) is 7.23. The van der Waals surface area contributed by atoms with Gasteiger partial charge in [-0.3, -0.25) is 0 Å². The highest BCUT2D eigenvalue weighted by Gasteiger charge is 2.00. The van der Waals surface area contributed by atoms with Gasteiger partial charge in [0.05, 0.1) is 6.20 Å². The van der Waals surface area contributed by atoms with E-state index >= 15 is 0 Å².